The van der Waals surface area contributed by atoms with E-state index in [0.717, 1.165) is 0 Å². The average molecular weight is 273 g/mol. The number of amides is 3. The number of nitrogens with one attached hydrogen (secondary N) is 2. The number of urea groups is 1. The van der Waals surface area contributed by atoms with Gasteiger partial charge in [-0.3, -0.25) is 19.8 Å². The van der Waals surface area contributed by atoms with Gasteiger partial charge in [-0.25, -0.2) is 4.79 Å². The van der Waals surface area contributed by atoms with Gasteiger partial charge in [-0.15, -0.1) is 0 Å². The lowest BCUT2D eigenvalue weighted by Crippen LogP contribution is -2.53. The van der Waals surface area contributed by atoms with E-state index in [1.54, 1.807) is 0 Å². The first-order valence-electron chi connectivity index (χ1n) is 6.09. The normalized spacial score (nSPS) is 11.5. The van der Waals surface area contributed by atoms with Crippen LogP contribution >= 0.6 is 0 Å². The van der Waals surface area contributed by atoms with Gasteiger partial charge < -0.3 is 10.4 Å². The van der Waals surface area contributed by atoms with Crippen LogP contribution in [0.15, 0.2) is 0 Å². The minimum Gasteiger partial charge on any atom is -0.480 e. The van der Waals surface area contributed by atoms with Gasteiger partial charge in [0.15, 0.2) is 0 Å². The number of hydrogen-bond acceptors (Lipinski definition) is 4. The van der Waals surface area contributed by atoms with Crippen molar-refractivity contribution < 1.29 is 19.5 Å². The Bertz CT molecular complexity index is 353. The molecule has 3 amide bonds. The van der Waals surface area contributed by atoms with E-state index in [1.165, 1.54) is 25.8 Å². The van der Waals surface area contributed by atoms with Crippen LogP contribution in [0.4, 0.5) is 4.79 Å². The van der Waals surface area contributed by atoms with Crippen molar-refractivity contribution in [2.24, 2.45) is 5.92 Å². The summed E-state index contributed by atoms with van der Waals surface area (Å²) in [7, 11) is 1.51. The highest BCUT2D eigenvalue weighted by Crippen LogP contribution is 2.11. The molecule has 0 spiro atoms. The van der Waals surface area contributed by atoms with Crippen LogP contribution in [0.5, 0.6) is 0 Å². The van der Waals surface area contributed by atoms with Gasteiger partial charge in [0, 0.05) is 6.54 Å². The number of carbonyl (C=O) groups excluding carboxylic acids is 2. The maximum absolute atomic E-state index is 11.6. The fourth-order valence-corrected chi connectivity index (χ4v) is 1.08. The fourth-order valence-electron chi connectivity index (χ4n) is 1.08. The fraction of sp³-hybridized carbons (Fsp3) is 0.750. The monoisotopic (exact) mass is 273 g/mol. The van der Waals surface area contributed by atoms with E-state index in [1.807, 2.05) is 13.8 Å². The number of carbonyl (C=O) groups is 3. The van der Waals surface area contributed by atoms with Crippen LogP contribution in [0.2, 0.25) is 0 Å². The van der Waals surface area contributed by atoms with Crippen LogP contribution < -0.4 is 10.6 Å². The van der Waals surface area contributed by atoms with Gasteiger partial charge in [0.1, 0.15) is 5.54 Å². The van der Waals surface area contributed by atoms with Crippen LogP contribution in [0.1, 0.15) is 27.7 Å². The minimum absolute atomic E-state index is 0.172. The molecular formula is C12H23N3O4. The van der Waals surface area contributed by atoms with Crippen molar-refractivity contribution >= 4 is 17.9 Å². The topological polar surface area (TPSA) is 98.7 Å². The first-order valence-corrected chi connectivity index (χ1v) is 6.09. The number of carboxylic acids is 1. The number of rotatable bonds is 6. The Morgan fingerprint density at radius 1 is 1.26 bits per heavy atom. The largest absolute Gasteiger partial charge is 0.480 e. The molecule has 0 heterocycles. The van der Waals surface area contributed by atoms with E-state index < -0.39 is 23.4 Å². The van der Waals surface area contributed by atoms with Crippen LogP contribution in [0.3, 0.4) is 0 Å². The Morgan fingerprint density at radius 3 is 2.21 bits per heavy atom. The van der Waals surface area contributed by atoms with Gasteiger partial charge >= 0.3 is 12.0 Å². The molecular weight excluding hydrogens is 250 g/mol. The van der Waals surface area contributed by atoms with Gasteiger partial charge in [-0.05, 0) is 26.8 Å². The maximum Gasteiger partial charge on any atom is 0.323 e. The molecule has 7 heteroatoms. The Morgan fingerprint density at radius 2 is 1.79 bits per heavy atom. The van der Waals surface area contributed by atoms with Gasteiger partial charge in [0.25, 0.3) is 0 Å². The first-order chi connectivity index (χ1) is 8.57. The summed E-state index contributed by atoms with van der Waals surface area (Å²) >= 11 is 0. The van der Waals surface area contributed by atoms with Crippen LogP contribution in [0.25, 0.3) is 0 Å². The molecule has 0 unspecified atom stereocenters. The molecule has 0 saturated carbocycles. The summed E-state index contributed by atoms with van der Waals surface area (Å²) in [6, 6.07) is -0.569. The van der Waals surface area contributed by atoms with Crippen LogP contribution in [0, 0.1) is 5.92 Å². The number of likely N-dealkylation sites (N-methyl/N-ethyl adjacent to an activating group) is 1. The molecule has 0 rings (SSSR count). The summed E-state index contributed by atoms with van der Waals surface area (Å²) in [5, 5.41) is 13.7. The average Bonchev–Trinajstić information content (AvgIpc) is 2.25. The molecule has 19 heavy (non-hydrogen) atoms. The number of carboxylic acid groups (broad SMARTS) is 1. The van der Waals surface area contributed by atoms with Crippen molar-refractivity contribution in [3.63, 3.8) is 0 Å². The molecule has 0 aliphatic heterocycles. The summed E-state index contributed by atoms with van der Waals surface area (Å²) < 4.78 is 0. The third-order valence-corrected chi connectivity index (χ3v) is 2.78. The molecule has 0 fully saturated rings. The summed E-state index contributed by atoms with van der Waals surface area (Å²) in [5.74, 6) is -1.29. The zero-order valence-electron chi connectivity index (χ0n) is 12.1. The van der Waals surface area contributed by atoms with Gasteiger partial charge in [-0.2, -0.15) is 0 Å². The van der Waals surface area contributed by atoms with Crippen molar-refractivity contribution in [3.05, 3.63) is 0 Å². The lowest BCUT2D eigenvalue weighted by Gasteiger charge is -2.30. The molecule has 7 nitrogen and oxygen atoms in total. The second-order valence-corrected chi connectivity index (χ2v) is 5.37. The molecule has 0 aliphatic rings. The van der Waals surface area contributed by atoms with E-state index in [0.29, 0.717) is 6.54 Å². The number of imide groups is 1. The van der Waals surface area contributed by atoms with Crippen molar-refractivity contribution in [1.29, 1.82) is 0 Å². The molecule has 0 radical (unpaired) electrons. The Kier molecular flexibility index (Phi) is 6.47. The third-order valence-electron chi connectivity index (χ3n) is 2.78. The summed E-state index contributed by atoms with van der Waals surface area (Å²) in [6.07, 6.45) is 0. The minimum atomic E-state index is -1.17. The van der Waals surface area contributed by atoms with Crippen LogP contribution in [-0.2, 0) is 9.59 Å². The molecule has 0 aromatic heterocycles. The smallest absolute Gasteiger partial charge is 0.323 e. The van der Waals surface area contributed by atoms with Gasteiger partial charge in [0.2, 0.25) is 5.91 Å². The summed E-state index contributed by atoms with van der Waals surface area (Å²) in [5.41, 5.74) is -1.17. The van der Waals surface area contributed by atoms with Crippen molar-refractivity contribution in [3.8, 4) is 0 Å². The first kappa shape index (κ1) is 17.4. The molecule has 110 valence electrons. The predicted molar refractivity (Wildman–Crippen MR) is 70.7 cm³/mol. The maximum atomic E-state index is 11.6. The molecule has 0 aromatic carbocycles. The van der Waals surface area contributed by atoms with Crippen molar-refractivity contribution in [2.75, 3.05) is 20.1 Å². The lowest BCUT2D eigenvalue weighted by atomic mass is 10.0. The Balaban J connectivity index is 4.25. The highest BCUT2D eigenvalue weighted by atomic mass is 16.4. The number of aliphatic carboxylic acids is 1. The third kappa shape index (κ3) is 6.19. The standard InChI is InChI=1S/C12H23N3O4/c1-8(2)6-13-11(19)14-9(16)7-15(5)12(3,4)10(17)18/h8H,6-7H2,1-5H3,(H,17,18)(H2,13,14,16,19). The van der Waals surface area contributed by atoms with E-state index in [9.17, 15) is 14.4 Å². The van der Waals surface area contributed by atoms with E-state index in [-0.39, 0.29) is 12.5 Å². The quantitative estimate of drug-likeness (QED) is 0.645. The molecule has 0 aliphatic carbocycles. The van der Waals surface area contributed by atoms with Crippen molar-refractivity contribution in [1.82, 2.24) is 15.5 Å². The van der Waals surface area contributed by atoms with E-state index in [2.05, 4.69) is 10.6 Å². The predicted octanol–water partition coefficient (Wildman–Crippen LogP) is 0.263. The Hall–Kier alpha value is -1.63. The molecule has 0 aromatic rings. The van der Waals surface area contributed by atoms with Crippen LogP contribution in [-0.4, -0.2) is 53.6 Å². The zero-order valence-corrected chi connectivity index (χ0v) is 12.1. The molecule has 0 bridgehead atoms. The van der Waals surface area contributed by atoms with Gasteiger partial charge in [-0.1, -0.05) is 13.8 Å². The SMILES string of the molecule is CC(C)CNC(=O)NC(=O)CN(C)C(C)(C)C(=O)O. The summed E-state index contributed by atoms with van der Waals surface area (Å²) in [6.45, 7) is 7.14. The summed E-state index contributed by atoms with van der Waals surface area (Å²) in [4.78, 5) is 35.3. The molecule has 3 N–H and O–H groups in total. The number of hydrogen-bond donors (Lipinski definition) is 3. The molecule has 0 saturated heterocycles. The van der Waals surface area contributed by atoms with E-state index in [4.69, 9.17) is 5.11 Å². The van der Waals surface area contributed by atoms with Gasteiger partial charge in [0.05, 0.1) is 6.54 Å². The lowest BCUT2D eigenvalue weighted by molar-refractivity contribution is -0.149. The number of nitrogens with zero attached hydrogens (tertiary/aromatic N) is 1. The molecule has 0 atom stereocenters. The van der Waals surface area contributed by atoms with E-state index >= 15 is 0 Å². The second kappa shape index (κ2) is 7.08. The zero-order chi connectivity index (χ0) is 15.2. The highest BCUT2D eigenvalue weighted by Gasteiger charge is 2.33. The highest BCUT2D eigenvalue weighted by molar-refractivity contribution is 5.95. The van der Waals surface area contributed by atoms with Crippen molar-refractivity contribution in [2.45, 2.75) is 33.2 Å². The Labute approximate surface area is 113 Å². The second-order valence-electron chi connectivity index (χ2n) is 5.37.